The van der Waals surface area contributed by atoms with Crippen LogP contribution in [0.3, 0.4) is 0 Å². The lowest BCUT2D eigenvalue weighted by Crippen LogP contribution is -2.46. The zero-order chi connectivity index (χ0) is 23.7. The van der Waals surface area contributed by atoms with Gasteiger partial charge >= 0.3 is 0 Å². The van der Waals surface area contributed by atoms with Crippen molar-refractivity contribution in [3.8, 4) is 0 Å². The van der Waals surface area contributed by atoms with E-state index in [4.69, 9.17) is 0 Å². The van der Waals surface area contributed by atoms with Crippen LogP contribution in [0.4, 0.5) is 0 Å². The van der Waals surface area contributed by atoms with Crippen LogP contribution in [0, 0.1) is 22.7 Å². The maximum Gasteiger partial charge on any atom is 0.234 e. The number of carbonyl (C=O) groups is 3. The Morgan fingerprint density at radius 1 is 0.765 bits per heavy atom. The molecule has 1 heterocycles. The van der Waals surface area contributed by atoms with Gasteiger partial charge in [0.2, 0.25) is 11.8 Å². The molecule has 3 fully saturated rings. The fraction of sp³-hybridized carbons (Fsp3) is 0.433. The topological polar surface area (TPSA) is 54.5 Å². The summed E-state index contributed by atoms with van der Waals surface area (Å²) < 4.78 is 0. The highest BCUT2D eigenvalue weighted by Gasteiger charge is 2.79. The highest BCUT2D eigenvalue weighted by atomic mass is 16.2. The van der Waals surface area contributed by atoms with Crippen LogP contribution in [-0.4, -0.2) is 28.5 Å². The summed E-state index contributed by atoms with van der Waals surface area (Å²) in [5.41, 5.74) is 1.88. The molecule has 0 aromatic heterocycles. The number of carbonyl (C=O) groups excluding carboxylic acids is 3. The molecule has 2 bridgehead atoms. The van der Waals surface area contributed by atoms with Gasteiger partial charge in [0.15, 0.2) is 5.78 Å². The summed E-state index contributed by atoms with van der Waals surface area (Å²) in [5, 5.41) is 0. The number of fused-ring (bicyclic) bond motifs is 5. The summed E-state index contributed by atoms with van der Waals surface area (Å²) >= 11 is 0. The molecular formula is C30H31NO3. The Hall–Kier alpha value is -3.01. The minimum Gasteiger partial charge on any atom is -0.298 e. The third kappa shape index (κ3) is 2.46. The Kier molecular flexibility index (Phi) is 4.74. The Morgan fingerprint density at radius 3 is 1.85 bits per heavy atom. The molecule has 4 atom stereocenters. The number of imide groups is 1. The van der Waals surface area contributed by atoms with Crippen molar-refractivity contribution in [2.24, 2.45) is 22.7 Å². The van der Waals surface area contributed by atoms with E-state index >= 15 is 0 Å². The van der Waals surface area contributed by atoms with Crippen molar-refractivity contribution < 1.29 is 14.4 Å². The fourth-order valence-corrected chi connectivity index (χ4v) is 7.85. The predicted molar refractivity (Wildman–Crippen MR) is 131 cm³/mol. The van der Waals surface area contributed by atoms with Crippen LogP contribution < -0.4 is 0 Å². The van der Waals surface area contributed by atoms with Gasteiger partial charge in [-0.2, -0.15) is 0 Å². The van der Waals surface area contributed by atoms with Gasteiger partial charge in [-0.3, -0.25) is 19.3 Å². The van der Waals surface area contributed by atoms with Crippen molar-refractivity contribution in [1.82, 2.24) is 4.90 Å². The van der Waals surface area contributed by atoms with Crippen molar-refractivity contribution in [2.75, 3.05) is 0 Å². The molecule has 6 rings (SSSR count). The fourth-order valence-electron chi connectivity index (χ4n) is 7.85. The van der Waals surface area contributed by atoms with Crippen LogP contribution in [-0.2, 0) is 14.4 Å². The van der Waals surface area contributed by atoms with Crippen molar-refractivity contribution in [1.29, 1.82) is 0 Å². The van der Waals surface area contributed by atoms with E-state index in [-0.39, 0.29) is 23.6 Å². The van der Waals surface area contributed by atoms with E-state index in [0.717, 1.165) is 54.4 Å². The molecule has 2 aromatic rings. The second-order valence-electron chi connectivity index (χ2n) is 10.6. The van der Waals surface area contributed by atoms with Gasteiger partial charge in [-0.1, -0.05) is 86.8 Å². The highest BCUT2D eigenvalue weighted by Crippen LogP contribution is 2.74. The van der Waals surface area contributed by atoms with Gasteiger partial charge in [-0.25, -0.2) is 0 Å². The molecule has 3 aliphatic carbocycles. The molecule has 4 heteroatoms. The minimum atomic E-state index is -1.01. The first kappa shape index (κ1) is 21.5. The quantitative estimate of drug-likeness (QED) is 0.572. The lowest BCUT2D eigenvalue weighted by molar-refractivity contribution is -0.148. The molecule has 4 nitrogen and oxygen atoms in total. The van der Waals surface area contributed by atoms with Gasteiger partial charge in [-0.15, -0.1) is 0 Å². The predicted octanol–water partition coefficient (Wildman–Crippen LogP) is 5.53. The van der Waals surface area contributed by atoms with Crippen LogP contribution in [0.1, 0.15) is 63.5 Å². The number of nitrogens with zero attached hydrogens (tertiary/aromatic N) is 1. The van der Waals surface area contributed by atoms with E-state index in [1.165, 1.54) is 0 Å². The first-order valence-electron chi connectivity index (χ1n) is 12.8. The number of hydrogen-bond donors (Lipinski definition) is 0. The van der Waals surface area contributed by atoms with Crippen LogP contribution >= 0.6 is 0 Å². The summed E-state index contributed by atoms with van der Waals surface area (Å²) in [6.07, 6.45) is 5.54. The van der Waals surface area contributed by atoms with Crippen LogP contribution in [0.5, 0.6) is 0 Å². The maximum atomic E-state index is 14.4. The molecule has 0 radical (unpaired) electrons. The number of ketones is 1. The second kappa shape index (κ2) is 7.49. The maximum absolute atomic E-state index is 14.4. The average molecular weight is 454 g/mol. The van der Waals surface area contributed by atoms with Crippen molar-refractivity contribution in [2.45, 2.75) is 58.4 Å². The number of benzene rings is 2. The summed E-state index contributed by atoms with van der Waals surface area (Å²) in [6, 6.07) is 20.0. The normalized spacial score (nSPS) is 33.2. The zero-order valence-corrected chi connectivity index (χ0v) is 19.9. The number of Topliss-reactive ketones (excluding diaryl/α,β-unsaturated/α-hetero) is 1. The SMILES string of the molecule is CC[C@@]12C(=O)[C@@](C)(C(c3ccccc3)=C1c1ccccc1)[C@@H]1C(=O)N(C3CCCCC3)C(=O)[C@H]12. The number of amides is 2. The van der Waals surface area contributed by atoms with Gasteiger partial charge in [0.1, 0.15) is 0 Å². The number of likely N-dealkylation sites (tertiary alicyclic amines) is 1. The molecule has 4 aliphatic rings. The molecule has 1 saturated heterocycles. The standard InChI is InChI=1S/C30H31NO3/c1-3-30-23(20-15-9-5-10-16-20)22(19-13-7-4-8-14-19)29(2,28(30)34)24-25(30)27(33)31(26(24)32)21-17-11-6-12-18-21/h4-5,7-10,13-16,21,24-25H,3,6,11-12,17-18H2,1-2H3/t24-,25-,29-,30+/m0/s1. The highest BCUT2D eigenvalue weighted by molar-refractivity contribution is 6.29. The van der Waals surface area contributed by atoms with Crippen LogP contribution in [0.2, 0.25) is 0 Å². The van der Waals surface area contributed by atoms with E-state index in [9.17, 15) is 14.4 Å². The van der Waals surface area contributed by atoms with E-state index in [1.807, 2.05) is 74.5 Å². The summed E-state index contributed by atoms with van der Waals surface area (Å²) in [7, 11) is 0. The summed E-state index contributed by atoms with van der Waals surface area (Å²) in [4.78, 5) is 44.2. The monoisotopic (exact) mass is 453 g/mol. The zero-order valence-electron chi connectivity index (χ0n) is 19.9. The lowest BCUT2D eigenvalue weighted by atomic mass is 9.61. The smallest absolute Gasteiger partial charge is 0.234 e. The van der Waals surface area contributed by atoms with E-state index in [0.29, 0.717) is 6.42 Å². The molecule has 1 aliphatic heterocycles. The lowest BCUT2D eigenvalue weighted by Gasteiger charge is -2.37. The minimum absolute atomic E-state index is 0.0216. The molecular weight excluding hydrogens is 422 g/mol. The van der Waals surface area contributed by atoms with Gasteiger partial charge in [-0.05, 0) is 48.5 Å². The molecule has 0 spiro atoms. The first-order valence-corrected chi connectivity index (χ1v) is 12.8. The van der Waals surface area contributed by atoms with E-state index < -0.39 is 22.7 Å². The van der Waals surface area contributed by atoms with Crippen molar-refractivity contribution in [3.63, 3.8) is 0 Å². The Labute approximate surface area is 201 Å². The van der Waals surface area contributed by atoms with Crippen LogP contribution in [0.25, 0.3) is 11.1 Å². The molecule has 0 N–H and O–H groups in total. The molecule has 2 amide bonds. The van der Waals surface area contributed by atoms with Crippen LogP contribution in [0.15, 0.2) is 60.7 Å². The molecule has 34 heavy (non-hydrogen) atoms. The Bertz CT molecular complexity index is 1210. The van der Waals surface area contributed by atoms with Crippen molar-refractivity contribution >= 4 is 28.7 Å². The molecule has 2 saturated carbocycles. The van der Waals surface area contributed by atoms with Gasteiger partial charge < -0.3 is 0 Å². The molecule has 0 unspecified atom stereocenters. The number of rotatable bonds is 4. The van der Waals surface area contributed by atoms with Gasteiger partial charge in [0.25, 0.3) is 0 Å². The average Bonchev–Trinajstić information content (AvgIpc) is 3.35. The Balaban J connectivity index is 1.61. The third-order valence-electron chi connectivity index (χ3n) is 9.21. The molecule has 174 valence electrons. The molecule has 2 aromatic carbocycles. The van der Waals surface area contributed by atoms with E-state index in [1.54, 1.807) is 4.90 Å². The summed E-state index contributed by atoms with van der Waals surface area (Å²) in [5.74, 6) is -1.39. The van der Waals surface area contributed by atoms with Gasteiger partial charge in [0, 0.05) is 6.04 Å². The second-order valence-corrected chi connectivity index (χ2v) is 10.6. The number of hydrogen-bond acceptors (Lipinski definition) is 3. The summed E-state index contributed by atoms with van der Waals surface area (Å²) in [6.45, 7) is 3.96. The third-order valence-corrected chi connectivity index (χ3v) is 9.21. The van der Waals surface area contributed by atoms with Crippen molar-refractivity contribution in [3.05, 3.63) is 71.8 Å². The Morgan fingerprint density at radius 2 is 1.29 bits per heavy atom. The largest absolute Gasteiger partial charge is 0.298 e. The van der Waals surface area contributed by atoms with Gasteiger partial charge in [0.05, 0.1) is 22.7 Å². The number of allylic oxidation sites excluding steroid dienone is 2. The van der Waals surface area contributed by atoms with E-state index in [2.05, 4.69) is 0 Å². The first-order chi connectivity index (χ1) is 16.5.